The Morgan fingerprint density at radius 3 is 2.66 bits per heavy atom. The maximum Gasteiger partial charge on any atom is 0.262 e. The first kappa shape index (κ1) is 23.4. The molecule has 2 aromatic heterocycles. The lowest BCUT2D eigenvalue weighted by atomic mass is 9.72. The van der Waals surface area contributed by atoms with Gasteiger partial charge in [-0.05, 0) is 61.8 Å². The lowest BCUT2D eigenvalue weighted by Crippen LogP contribution is -2.51. The van der Waals surface area contributed by atoms with E-state index in [1.54, 1.807) is 29.8 Å². The third-order valence-corrected chi connectivity index (χ3v) is 8.51. The van der Waals surface area contributed by atoms with Crippen LogP contribution in [-0.4, -0.2) is 27.3 Å². The monoisotopic (exact) mass is 492 g/mol. The molecule has 9 heteroatoms. The third-order valence-electron chi connectivity index (χ3n) is 7.31. The fourth-order valence-electron chi connectivity index (χ4n) is 5.22. The Bertz CT molecular complexity index is 1370. The number of hydrogen-bond donors (Lipinski definition) is 2. The lowest BCUT2D eigenvalue weighted by Gasteiger charge is -2.35. The van der Waals surface area contributed by atoms with E-state index < -0.39 is 5.41 Å². The van der Waals surface area contributed by atoms with Crippen LogP contribution in [0, 0.1) is 0 Å². The molecule has 1 atom stereocenters. The number of anilines is 1. The summed E-state index contributed by atoms with van der Waals surface area (Å²) in [4.78, 5) is 56.4. The van der Waals surface area contributed by atoms with Gasteiger partial charge in [0.1, 0.15) is 4.83 Å². The predicted octanol–water partition coefficient (Wildman–Crippen LogP) is 3.45. The summed E-state index contributed by atoms with van der Waals surface area (Å²) in [5.41, 5.74) is 1.79. The molecule has 8 nitrogen and oxygen atoms in total. The molecule has 1 aliphatic carbocycles. The van der Waals surface area contributed by atoms with E-state index in [0.717, 1.165) is 47.0 Å². The normalized spacial score (nSPS) is 19.9. The van der Waals surface area contributed by atoms with Gasteiger partial charge in [0.2, 0.25) is 17.7 Å². The van der Waals surface area contributed by atoms with Gasteiger partial charge < -0.3 is 5.32 Å². The van der Waals surface area contributed by atoms with Crippen LogP contribution in [0.15, 0.2) is 35.4 Å². The highest BCUT2D eigenvalue weighted by molar-refractivity contribution is 7.18. The van der Waals surface area contributed by atoms with Crippen molar-refractivity contribution in [1.29, 1.82) is 0 Å². The summed E-state index contributed by atoms with van der Waals surface area (Å²) in [6.45, 7) is 2.19. The van der Waals surface area contributed by atoms with E-state index >= 15 is 0 Å². The number of nitrogens with zero attached hydrogens (tertiary/aromatic N) is 2. The van der Waals surface area contributed by atoms with Gasteiger partial charge in [0.05, 0.1) is 17.1 Å². The van der Waals surface area contributed by atoms with Crippen LogP contribution in [0.4, 0.5) is 5.69 Å². The Hall–Kier alpha value is -3.33. The number of piperidine rings is 1. The summed E-state index contributed by atoms with van der Waals surface area (Å²) in [6, 6.07) is 7.20. The number of carbonyl (C=O) groups is 3. The van der Waals surface area contributed by atoms with Crippen molar-refractivity contribution in [2.24, 2.45) is 0 Å². The molecule has 0 bridgehead atoms. The topological polar surface area (TPSA) is 110 Å². The number of hydrogen-bond acceptors (Lipinski definition) is 6. The standard InChI is InChI=1S/C26H28N4O4S/c1-2-26(13-11-20(31)29-25(26)34)16-7-9-17(10-8-16)28-21(32)12-14-30-15-27-23-22(24(30)33)18-5-3-4-6-19(18)35-23/h7-10,15H,2-6,11-14H2,1H3,(H,28,32)(H,29,31,34). The lowest BCUT2D eigenvalue weighted by molar-refractivity contribution is -0.138. The number of nitrogens with one attached hydrogen (secondary N) is 2. The first-order valence-electron chi connectivity index (χ1n) is 12.2. The van der Waals surface area contributed by atoms with Crippen molar-refractivity contribution in [3.8, 4) is 0 Å². The predicted molar refractivity (Wildman–Crippen MR) is 135 cm³/mol. The van der Waals surface area contributed by atoms with E-state index in [-0.39, 0.29) is 36.2 Å². The summed E-state index contributed by atoms with van der Waals surface area (Å²) < 4.78 is 1.53. The van der Waals surface area contributed by atoms with Crippen molar-refractivity contribution in [3.05, 3.63) is 57.0 Å². The Morgan fingerprint density at radius 1 is 1.14 bits per heavy atom. The number of carbonyl (C=O) groups excluding carboxylic acids is 3. The molecule has 1 aromatic carbocycles. The number of aryl methyl sites for hydroxylation is 3. The Morgan fingerprint density at radius 2 is 1.91 bits per heavy atom. The maximum atomic E-state index is 13.1. The van der Waals surface area contributed by atoms with Crippen molar-refractivity contribution >= 4 is 45.0 Å². The summed E-state index contributed by atoms with van der Waals surface area (Å²) in [5, 5.41) is 6.04. The number of benzene rings is 1. The zero-order valence-electron chi connectivity index (χ0n) is 19.7. The van der Waals surface area contributed by atoms with E-state index in [1.165, 1.54) is 9.44 Å². The van der Waals surface area contributed by atoms with Crippen molar-refractivity contribution in [2.75, 3.05) is 5.32 Å². The highest BCUT2D eigenvalue weighted by atomic mass is 32.1. The highest BCUT2D eigenvalue weighted by Gasteiger charge is 2.42. The van der Waals surface area contributed by atoms with E-state index in [9.17, 15) is 19.2 Å². The Kier molecular flexibility index (Phi) is 6.27. The zero-order chi connectivity index (χ0) is 24.6. The van der Waals surface area contributed by atoms with Crippen molar-refractivity contribution in [3.63, 3.8) is 0 Å². The van der Waals surface area contributed by atoms with E-state index in [2.05, 4.69) is 15.6 Å². The minimum atomic E-state index is -0.732. The van der Waals surface area contributed by atoms with E-state index in [0.29, 0.717) is 24.9 Å². The Labute approximate surface area is 206 Å². The van der Waals surface area contributed by atoms with Crippen LogP contribution in [0.2, 0.25) is 0 Å². The van der Waals surface area contributed by atoms with Gasteiger partial charge in [-0.3, -0.25) is 29.1 Å². The van der Waals surface area contributed by atoms with Gasteiger partial charge >= 0.3 is 0 Å². The number of amides is 3. The quantitative estimate of drug-likeness (QED) is 0.512. The van der Waals surface area contributed by atoms with Crippen LogP contribution in [0.5, 0.6) is 0 Å². The van der Waals surface area contributed by atoms with Gasteiger partial charge in [-0.15, -0.1) is 11.3 Å². The second-order valence-electron chi connectivity index (χ2n) is 9.32. The first-order valence-corrected chi connectivity index (χ1v) is 13.0. The van der Waals surface area contributed by atoms with Gasteiger partial charge in [0.25, 0.3) is 5.56 Å². The molecule has 2 aliphatic rings. The van der Waals surface area contributed by atoms with Crippen LogP contribution >= 0.6 is 11.3 Å². The van der Waals surface area contributed by atoms with Gasteiger partial charge in [-0.25, -0.2) is 4.98 Å². The third kappa shape index (κ3) is 4.29. The van der Waals surface area contributed by atoms with E-state index in [1.807, 2.05) is 19.1 Å². The molecule has 0 radical (unpaired) electrons. The van der Waals surface area contributed by atoms with E-state index in [4.69, 9.17) is 0 Å². The molecule has 35 heavy (non-hydrogen) atoms. The first-order chi connectivity index (χ1) is 16.9. The summed E-state index contributed by atoms with van der Waals surface area (Å²) in [5.74, 6) is -0.713. The molecule has 1 aliphatic heterocycles. The number of fused-ring (bicyclic) bond motifs is 3. The van der Waals surface area contributed by atoms with Gasteiger partial charge in [-0.2, -0.15) is 0 Å². The maximum absolute atomic E-state index is 13.1. The molecular weight excluding hydrogens is 464 g/mol. The molecule has 3 aromatic rings. The average Bonchev–Trinajstić information content (AvgIpc) is 3.24. The molecule has 0 spiro atoms. The van der Waals surface area contributed by atoms with Crippen LogP contribution in [0.1, 0.15) is 61.5 Å². The second-order valence-corrected chi connectivity index (χ2v) is 10.4. The van der Waals surface area contributed by atoms with Crippen LogP contribution in [-0.2, 0) is 39.2 Å². The summed E-state index contributed by atoms with van der Waals surface area (Å²) in [7, 11) is 0. The molecular formula is C26H28N4O4S. The SMILES string of the molecule is CCC1(c2ccc(NC(=O)CCn3cnc4sc5c(c4c3=O)CCCC5)cc2)CCC(=O)NC1=O. The highest BCUT2D eigenvalue weighted by Crippen LogP contribution is 2.36. The molecule has 0 saturated carbocycles. The fourth-order valence-corrected chi connectivity index (χ4v) is 6.44. The van der Waals surface area contributed by atoms with Crippen LogP contribution < -0.4 is 16.2 Å². The van der Waals surface area contributed by atoms with Gasteiger partial charge in [0, 0.05) is 30.0 Å². The number of rotatable bonds is 6. The number of imide groups is 1. The molecule has 2 N–H and O–H groups in total. The molecule has 3 amide bonds. The van der Waals surface area contributed by atoms with Crippen molar-refractivity contribution < 1.29 is 14.4 Å². The molecule has 182 valence electrons. The molecule has 1 unspecified atom stereocenters. The Balaban J connectivity index is 1.25. The molecule has 1 saturated heterocycles. The number of thiophene rings is 1. The zero-order valence-corrected chi connectivity index (χ0v) is 20.5. The van der Waals surface area contributed by atoms with Crippen molar-refractivity contribution in [2.45, 2.75) is 70.3 Å². The van der Waals surface area contributed by atoms with Crippen LogP contribution in [0.3, 0.4) is 0 Å². The summed E-state index contributed by atoms with van der Waals surface area (Å²) in [6.07, 6.45) is 7.23. The average molecular weight is 493 g/mol. The second kappa shape index (κ2) is 9.37. The van der Waals surface area contributed by atoms with Crippen LogP contribution in [0.25, 0.3) is 10.2 Å². The molecule has 1 fully saturated rings. The van der Waals surface area contributed by atoms with Gasteiger partial charge in [-0.1, -0.05) is 19.1 Å². The minimum Gasteiger partial charge on any atom is -0.326 e. The van der Waals surface area contributed by atoms with Gasteiger partial charge in [0.15, 0.2) is 0 Å². The minimum absolute atomic E-state index is 0.0688. The number of aromatic nitrogens is 2. The molecule has 5 rings (SSSR count). The fraction of sp³-hybridized carbons (Fsp3) is 0.423. The smallest absolute Gasteiger partial charge is 0.262 e. The summed E-state index contributed by atoms with van der Waals surface area (Å²) >= 11 is 1.62. The molecule has 3 heterocycles. The van der Waals surface area contributed by atoms with Crippen molar-refractivity contribution in [1.82, 2.24) is 14.9 Å². The largest absolute Gasteiger partial charge is 0.326 e.